The van der Waals surface area contributed by atoms with Crippen molar-refractivity contribution < 1.29 is 24.2 Å². The standard InChI is InChI=1S/C12H15N3O5/c1-20-9-5-3-2-4-7(9)14-12(19)15-8(11(17)18)6-10(13)16/h2-5,8H,6H2,1H3,(H2,13,16)(H,17,18)(H2,14,15,19)/t8-/m0/s1. The number of carbonyl (C=O) groups is 3. The summed E-state index contributed by atoms with van der Waals surface area (Å²) in [5.41, 5.74) is 5.28. The molecular weight excluding hydrogens is 266 g/mol. The molecule has 0 saturated heterocycles. The van der Waals surface area contributed by atoms with Crippen molar-refractivity contribution in [3.63, 3.8) is 0 Å². The summed E-state index contributed by atoms with van der Waals surface area (Å²) < 4.78 is 5.03. The molecule has 0 saturated carbocycles. The number of anilines is 1. The van der Waals surface area contributed by atoms with Crippen molar-refractivity contribution in [1.29, 1.82) is 0 Å². The van der Waals surface area contributed by atoms with E-state index in [1.807, 2.05) is 0 Å². The molecule has 1 aromatic carbocycles. The van der Waals surface area contributed by atoms with Crippen molar-refractivity contribution in [2.24, 2.45) is 5.73 Å². The van der Waals surface area contributed by atoms with Crippen molar-refractivity contribution in [2.75, 3.05) is 12.4 Å². The van der Waals surface area contributed by atoms with Crippen LogP contribution in [0, 0.1) is 0 Å². The molecule has 8 nitrogen and oxygen atoms in total. The van der Waals surface area contributed by atoms with Crippen LogP contribution >= 0.6 is 0 Å². The number of nitrogens with two attached hydrogens (primary N) is 1. The largest absolute Gasteiger partial charge is 0.495 e. The number of primary amides is 1. The van der Waals surface area contributed by atoms with E-state index in [1.165, 1.54) is 7.11 Å². The van der Waals surface area contributed by atoms with Gasteiger partial charge in [-0.05, 0) is 12.1 Å². The lowest BCUT2D eigenvalue weighted by molar-refractivity contribution is -0.140. The van der Waals surface area contributed by atoms with Gasteiger partial charge in [0.2, 0.25) is 5.91 Å². The fourth-order valence-electron chi connectivity index (χ4n) is 1.47. The van der Waals surface area contributed by atoms with Crippen LogP contribution in [0.25, 0.3) is 0 Å². The number of ether oxygens (including phenoxy) is 1. The van der Waals surface area contributed by atoms with Gasteiger partial charge in [-0.25, -0.2) is 9.59 Å². The number of para-hydroxylation sites is 2. The molecule has 0 aliphatic heterocycles. The summed E-state index contributed by atoms with van der Waals surface area (Å²) in [6.07, 6.45) is -0.491. The third-order valence-corrected chi connectivity index (χ3v) is 2.36. The van der Waals surface area contributed by atoms with E-state index in [2.05, 4.69) is 10.6 Å². The van der Waals surface area contributed by atoms with E-state index in [9.17, 15) is 14.4 Å². The summed E-state index contributed by atoms with van der Waals surface area (Å²) in [6.45, 7) is 0. The lowest BCUT2D eigenvalue weighted by Crippen LogP contribution is -2.45. The first-order valence-corrected chi connectivity index (χ1v) is 5.65. The third-order valence-electron chi connectivity index (χ3n) is 2.36. The molecule has 0 aliphatic carbocycles. The van der Waals surface area contributed by atoms with Gasteiger partial charge < -0.3 is 26.2 Å². The zero-order valence-electron chi connectivity index (χ0n) is 10.8. The average molecular weight is 281 g/mol. The Morgan fingerprint density at radius 1 is 1.35 bits per heavy atom. The minimum Gasteiger partial charge on any atom is -0.495 e. The number of carbonyl (C=O) groups excluding carboxylic acids is 2. The Morgan fingerprint density at radius 2 is 2.00 bits per heavy atom. The molecule has 8 heteroatoms. The van der Waals surface area contributed by atoms with E-state index < -0.39 is 30.4 Å². The number of methoxy groups -OCH3 is 1. The smallest absolute Gasteiger partial charge is 0.326 e. The van der Waals surface area contributed by atoms with Gasteiger partial charge in [0.25, 0.3) is 0 Å². The van der Waals surface area contributed by atoms with Crippen molar-refractivity contribution >= 4 is 23.6 Å². The Balaban J connectivity index is 2.70. The van der Waals surface area contributed by atoms with Gasteiger partial charge in [0.05, 0.1) is 19.2 Å². The van der Waals surface area contributed by atoms with Gasteiger partial charge in [-0.3, -0.25) is 4.79 Å². The van der Waals surface area contributed by atoms with Gasteiger partial charge in [-0.1, -0.05) is 12.1 Å². The maximum Gasteiger partial charge on any atom is 0.326 e. The van der Waals surface area contributed by atoms with E-state index in [4.69, 9.17) is 15.6 Å². The van der Waals surface area contributed by atoms with E-state index >= 15 is 0 Å². The van der Waals surface area contributed by atoms with Gasteiger partial charge in [0.15, 0.2) is 0 Å². The highest BCUT2D eigenvalue weighted by atomic mass is 16.5. The number of hydrogen-bond acceptors (Lipinski definition) is 4. The first kappa shape index (κ1) is 15.3. The summed E-state index contributed by atoms with van der Waals surface area (Å²) in [7, 11) is 1.44. The highest BCUT2D eigenvalue weighted by molar-refractivity contribution is 5.94. The molecule has 0 aliphatic rings. The molecule has 1 atom stereocenters. The summed E-state index contributed by atoms with van der Waals surface area (Å²) in [4.78, 5) is 33.3. The fraction of sp³-hybridized carbons (Fsp3) is 0.250. The van der Waals surface area contributed by atoms with E-state index in [0.29, 0.717) is 11.4 Å². The van der Waals surface area contributed by atoms with Gasteiger partial charge in [0, 0.05) is 0 Å². The number of benzene rings is 1. The first-order valence-electron chi connectivity index (χ1n) is 5.65. The number of carboxylic acid groups (broad SMARTS) is 1. The molecule has 5 N–H and O–H groups in total. The van der Waals surface area contributed by atoms with Crippen LogP contribution in [-0.4, -0.2) is 36.2 Å². The van der Waals surface area contributed by atoms with Crippen LogP contribution in [-0.2, 0) is 9.59 Å². The van der Waals surface area contributed by atoms with E-state index in [1.54, 1.807) is 24.3 Å². The lowest BCUT2D eigenvalue weighted by Gasteiger charge is -2.15. The second-order valence-electron chi connectivity index (χ2n) is 3.86. The van der Waals surface area contributed by atoms with Crippen LogP contribution in [0.4, 0.5) is 10.5 Å². The molecule has 0 unspecified atom stereocenters. The van der Waals surface area contributed by atoms with Gasteiger partial charge in [0.1, 0.15) is 11.8 Å². The van der Waals surface area contributed by atoms with Crippen molar-refractivity contribution in [3.8, 4) is 5.75 Å². The predicted molar refractivity (Wildman–Crippen MR) is 70.4 cm³/mol. The molecule has 0 radical (unpaired) electrons. The number of nitrogens with one attached hydrogen (secondary N) is 2. The molecule has 1 rings (SSSR count). The molecule has 3 amide bonds. The van der Waals surface area contributed by atoms with Gasteiger partial charge >= 0.3 is 12.0 Å². The number of hydrogen-bond donors (Lipinski definition) is 4. The van der Waals surface area contributed by atoms with E-state index in [-0.39, 0.29) is 0 Å². The number of amides is 3. The lowest BCUT2D eigenvalue weighted by atomic mass is 10.2. The molecular formula is C12H15N3O5. The fourth-order valence-corrected chi connectivity index (χ4v) is 1.47. The molecule has 0 spiro atoms. The monoisotopic (exact) mass is 281 g/mol. The van der Waals surface area contributed by atoms with Crippen LogP contribution in [0.15, 0.2) is 24.3 Å². The Kier molecular flexibility index (Phi) is 5.33. The molecule has 108 valence electrons. The van der Waals surface area contributed by atoms with Crippen LogP contribution < -0.4 is 21.1 Å². The second-order valence-corrected chi connectivity index (χ2v) is 3.86. The normalized spacial score (nSPS) is 11.2. The highest BCUT2D eigenvalue weighted by Crippen LogP contribution is 2.22. The zero-order chi connectivity index (χ0) is 15.1. The Bertz CT molecular complexity index is 518. The molecule has 1 aromatic rings. The number of rotatable bonds is 6. The molecule has 0 fully saturated rings. The van der Waals surface area contributed by atoms with Crippen molar-refractivity contribution in [1.82, 2.24) is 5.32 Å². The number of carboxylic acids is 1. The molecule has 20 heavy (non-hydrogen) atoms. The summed E-state index contributed by atoms with van der Waals surface area (Å²) in [6, 6.07) is 4.45. The number of aliphatic carboxylic acids is 1. The average Bonchev–Trinajstić information content (AvgIpc) is 2.37. The maximum absolute atomic E-state index is 11.7. The summed E-state index contributed by atoms with van der Waals surface area (Å²) >= 11 is 0. The Morgan fingerprint density at radius 3 is 2.55 bits per heavy atom. The minimum atomic E-state index is -1.39. The molecule has 0 heterocycles. The van der Waals surface area contributed by atoms with Crippen LogP contribution in [0.2, 0.25) is 0 Å². The predicted octanol–water partition coefficient (Wildman–Crippen LogP) is 0.145. The third kappa shape index (κ3) is 4.48. The van der Waals surface area contributed by atoms with Crippen molar-refractivity contribution in [3.05, 3.63) is 24.3 Å². The van der Waals surface area contributed by atoms with Crippen LogP contribution in [0.3, 0.4) is 0 Å². The zero-order valence-corrected chi connectivity index (χ0v) is 10.8. The van der Waals surface area contributed by atoms with Gasteiger partial charge in [-0.15, -0.1) is 0 Å². The quantitative estimate of drug-likeness (QED) is 0.589. The summed E-state index contributed by atoms with van der Waals surface area (Å²) in [5, 5.41) is 13.4. The topological polar surface area (TPSA) is 131 Å². The van der Waals surface area contributed by atoms with Crippen molar-refractivity contribution in [2.45, 2.75) is 12.5 Å². The molecule has 0 aromatic heterocycles. The van der Waals surface area contributed by atoms with Gasteiger partial charge in [-0.2, -0.15) is 0 Å². The Labute approximate surface area is 114 Å². The first-order chi connectivity index (χ1) is 9.43. The highest BCUT2D eigenvalue weighted by Gasteiger charge is 2.22. The van der Waals surface area contributed by atoms with Crippen LogP contribution in [0.5, 0.6) is 5.75 Å². The minimum absolute atomic E-state index is 0.371. The number of urea groups is 1. The van der Waals surface area contributed by atoms with E-state index in [0.717, 1.165) is 0 Å². The Hall–Kier alpha value is -2.77. The molecule has 0 bridgehead atoms. The van der Waals surface area contributed by atoms with Crippen LogP contribution in [0.1, 0.15) is 6.42 Å². The second kappa shape index (κ2) is 6.98. The summed E-state index contributed by atoms with van der Waals surface area (Å²) in [5.74, 6) is -1.75. The SMILES string of the molecule is COc1ccccc1NC(=O)N[C@@H](CC(N)=O)C(=O)O. The maximum atomic E-state index is 11.7.